The summed E-state index contributed by atoms with van der Waals surface area (Å²) >= 11 is 0. The van der Waals surface area contributed by atoms with Crippen molar-refractivity contribution in [3.8, 4) is 23.0 Å². The van der Waals surface area contributed by atoms with Crippen LogP contribution >= 0.6 is 0 Å². The van der Waals surface area contributed by atoms with Crippen molar-refractivity contribution >= 4 is 5.97 Å². The SMILES string of the molecule is Cc1oc(-c2ccccc2)nc1CCOc1ccc(OCC(=O)O)c(CCCCCc2ccccc2)c1. The molecule has 0 amide bonds. The van der Waals surface area contributed by atoms with Gasteiger partial charge in [0, 0.05) is 12.0 Å². The normalized spacial score (nSPS) is 10.8. The van der Waals surface area contributed by atoms with Crippen molar-refractivity contribution in [2.75, 3.05) is 13.2 Å². The Labute approximate surface area is 217 Å². The van der Waals surface area contributed by atoms with Crippen LogP contribution < -0.4 is 9.47 Å². The molecule has 0 atom stereocenters. The summed E-state index contributed by atoms with van der Waals surface area (Å²) in [7, 11) is 0. The summed E-state index contributed by atoms with van der Waals surface area (Å²) in [6.45, 7) is 2.00. The zero-order valence-corrected chi connectivity index (χ0v) is 21.2. The standard InChI is InChI=1S/C31H33NO5/c1-23-28(32-31(37-23)25-14-8-4-9-15-25)19-20-35-27-17-18-29(36-22-30(33)34)26(21-27)16-10-3-7-13-24-11-5-2-6-12-24/h2,4-6,8-9,11-12,14-15,17-18,21H,3,7,10,13,16,19-20,22H2,1H3,(H,33,34). The first-order chi connectivity index (χ1) is 18.1. The smallest absolute Gasteiger partial charge is 0.341 e. The zero-order chi connectivity index (χ0) is 25.9. The van der Waals surface area contributed by atoms with Gasteiger partial charge in [-0.15, -0.1) is 0 Å². The number of unbranched alkanes of at least 4 members (excludes halogenated alkanes) is 2. The third-order valence-electron chi connectivity index (χ3n) is 6.16. The summed E-state index contributed by atoms with van der Waals surface area (Å²) < 4.78 is 17.4. The lowest BCUT2D eigenvalue weighted by Gasteiger charge is -2.13. The van der Waals surface area contributed by atoms with E-state index in [1.807, 2.05) is 55.5 Å². The topological polar surface area (TPSA) is 81.8 Å². The van der Waals surface area contributed by atoms with Gasteiger partial charge in [-0.1, -0.05) is 55.0 Å². The lowest BCUT2D eigenvalue weighted by Crippen LogP contribution is -2.11. The van der Waals surface area contributed by atoms with Gasteiger partial charge in [-0.3, -0.25) is 0 Å². The summed E-state index contributed by atoms with van der Waals surface area (Å²) in [5, 5.41) is 9.03. The van der Waals surface area contributed by atoms with Gasteiger partial charge in [0.2, 0.25) is 5.89 Å². The molecule has 3 aromatic carbocycles. The van der Waals surface area contributed by atoms with Crippen molar-refractivity contribution in [1.82, 2.24) is 4.98 Å². The Morgan fingerprint density at radius 3 is 2.35 bits per heavy atom. The van der Waals surface area contributed by atoms with Crippen molar-refractivity contribution < 1.29 is 23.8 Å². The van der Waals surface area contributed by atoms with Crippen LogP contribution in [-0.2, 0) is 24.1 Å². The second kappa shape index (κ2) is 13.3. The van der Waals surface area contributed by atoms with Gasteiger partial charge in [-0.2, -0.15) is 0 Å². The average Bonchev–Trinajstić information content (AvgIpc) is 3.29. The molecule has 0 unspecified atom stereocenters. The van der Waals surface area contributed by atoms with E-state index in [1.165, 1.54) is 5.56 Å². The van der Waals surface area contributed by atoms with Crippen molar-refractivity contribution in [1.29, 1.82) is 0 Å². The molecule has 4 rings (SSSR count). The average molecular weight is 500 g/mol. The number of aryl methyl sites for hydroxylation is 3. The highest BCUT2D eigenvalue weighted by molar-refractivity contribution is 5.68. The molecule has 0 aliphatic rings. The highest BCUT2D eigenvalue weighted by atomic mass is 16.5. The van der Waals surface area contributed by atoms with Gasteiger partial charge >= 0.3 is 5.97 Å². The Bertz CT molecular complexity index is 1270. The fourth-order valence-electron chi connectivity index (χ4n) is 4.22. The molecule has 1 N–H and O–H groups in total. The molecule has 0 aliphatic carbocycles. The van der Waals surface area contributed by atoms with E-state index < -0.39 is 5.97 Å². The van der Waals surface area contributed by atoms with E-state index in [4.69, 9.17) is 19.0 Å². The minimum Gasteiger partial charge on any atom is -0.493 e. The maximum absolute atomic E-state index is 11.0. The van der Waals surface area contributed by atoms with Crippen LogP contribution in [0.4, 0.5) is 0 Å². The Balaban J connectivity index is 1.32. The van der Waals surface area contributed by atoms with Crippen molar-refractivity contribution in [3.05, 3.63) is 101 Å². The third kappa shape index (κ3) is 7.97. The molecule has 1 aromatic heterocycles. The van der Waals surface area contributed by atoms with Gasteiger partial charge in [0.05, 0.1) is 12.3 Å². The fourth-order valence-corrected chi connectivity index (χ4v) is 4.22. The van der Waals surface area contributed by atoms with Crippen LogP contribution in [0.1, 0.15) is 41.8 Å². The highest BCUT2D eigenvalue weighted by Crippen LogP contribution is 2.27. The summed E-state index contributed by atoms with van der Waals surface area (Å²) in [4.78, 5) is 15.7. The Morgan fingerprint density at radius 1 is 0.865 bits per heavy atom. The van der Waals surface area contributed by atoms with Crippen LogP contribution in [0.3, 0.4) is 0 Å². The minimum absolute atomic E-state index is 0.365. The molecule has 0 saturated carbocycles. The summed E-state index contributed by atoms with van der Waals surface area (Å²) in [5.41, 5.74) is 4.13. The van der Waals surface area contributed by atoms with E-state index in [0.717, 1.165) is 60.4 Å². The van der Waals surface area contributed by atoms with Crippen LogP contribution in [0.25, 0.3) is 11.5 Å². The number of hydrogen-bond acceptors (Lipinski definition) is 5. The van der Waals surface area contributed by atoms with Crippen LogP contribution in [0.15, 0.2) is 83.3 Å². The van der Waals surface area contributed by atoms with E-state index in [0.29, 0.717) is 24.7 Å². The van der Waals surface area contributed by atoms with Crippen LogP contribution in [0.5, 0.6) is 11.5 Å². The number of aliphatic carboxylic acids is 1. The molecule has 192 valence electrons. The van der Waals surface area contributed by atoms with Crippen molar-refractivity contribution in [2.45, 2.75) is 45.4 Å². The molecule has 1 heterocycles. The van der Waals surface area contributed by atoms with Crippen LogP contribution in [-0.4, -0.2) is 29.3 Å². The van der Waals surface area contributed by atoms with Crippen molar-refractivity contribution in [2.24, 2.45) is 0 Å². The van der Waals surface area contributed by atoms with Crippen LogP contribution in [0.2, 0.25) is 0 Å². The Kier molecular flexibility index (Phi) is 9.35. The van der Waals surface area contributed by atoms with E-state index in [-0.39, 0.29) is 6.61 Å². The lowest BCUT2D eigenvalue weighted by molar-refractivity contribution is -0.139. The van der Waals surface area contributed by atoms with Crippen LogP contribution in [0, 0.1) is 6.92 Å². The maximum Gasteiger partial charge on any atom is 0.341 e. The molecule has 0 fully saturated rings. The quantitative estimate of drug-likeness (QED) is 0.195. The van der Waals surface area contributed by atoms with E-state index in [9.17, 15) is 4.79 Å². The molecule has 0 radical (unpaired) electrons. The van der Waals surface area contributed by atoms with Gasteiger partial charge < -0.3 is 19.0 Å². The fraction of sp³-hybridized carbons (Fsp3) is 0.290. The predicted octanol–water partition coefficient (Wildman–Crippen LogP) is 6.69. The van der Waals surface area contributed by atoms with E-state index >= 15 is 0 Å². The van der Waals surface area contributed by atoms with Gasteiger partial charge in [-0.05, 0) is 74.1 Å². The lowest BCUT2D eigenvalue weighted by atomic mass is 10.0. The minimum atomic E-state index is -0.994. The molecule has 6 heteroatoms. The molecule has 37 heavy (non-hydrogen) atoms. The number of carboxylic acids is 1. The molecular weight excluding hydrogens is 466 g/mol. The highest BCUT2D eigenvalue weighted by Gasteiger charge is 2.12. The maximum atomic E-state index is 11.0. The van der Waals surface area contributed by atoms with Gasteiger partial charge in [0.25, 0.3) is 0 Å². The van der Waals surface area contributed by atoms with Gasteiger partial charge in [0.1, 0.15) is 17.3 Å². The first kappa shape index (κ1) is 26.0. The first-order valence-corrected chi connectivity index (χ1v) is 12.7. The zero-order valence-electron chi connectivity index (χ0n) is 21.2. The van der Waals surface area contributed by atoms with Gasteiger partial charge in [0.15, 0.2) is 6.61 Å². The third-order valence-corrected chi connectivity index (χ3v) is 6.16. The number of hydrogen-bond donors (Lipinski definition) is 1. The number of aromatic nitrogens is 1. The van der Waals surface area contributed by atoms with E-state index in [1.54, 1.807) is 6.07 Å². The second-order valence-electron chi connectivity index (χ2n) is 8.98. The number of oxazole rings is 1. The molecule has 0 saturated heterocycles. The number of carboxylic acid groups (broad SMARTS) is 1. The van der Waals surface area contributed by atoms with Crippen molar-refractivity contribution in [3.63, 3.8) is 0 Å². The monoisotopic (exact) mass is 499 g/mol. The number of benzene rings is 3. The number of carbonyl (C=O) groups is 1. The second-order valence-corrected chi connectivity index (χ2v) is 8.98. The molecule has 4 aromatic rings. The Hall–Kier alpha value is -4.06. The predicted molar refractivity (Wildman–Crippen MR) is 143 cm³/mol. The largest absolute Gasteiger partial charge is 0.493 e. The summed E-state index contributed by atoms with van der Waals surface area (Å²) in [6.07, 6.45) is 5.64. The molecule has 0 spiro atoms. The molecule has 6 nitrogen and oxygen atoms in total. The van der Waals surface area contributed by atoms with E-state index in [2.05, 4.69) is 29.2 Å². The molecule has 0 aliphatic heterocycles. The molecule has 0 bridgehead atoms. The summed E-state index contributed by atoms with van der Waals surface area (Å²) in [5.74, 6) is 1.73. The Morgan fingerprint density at radius 2 is 1.59 bits per heavy atom. The number of ether oxygens (including phenoxy) is 2. The number of rotatable bonds is 14. The molecular formula is C31H33NO5. The summed E-state index contributed by atoms with van der Waals surface area (Å²) in [6, 6.07) is 25.9. The van der Waals surface area contributed by atoms with Gasteiger partial charge in [-0.25, -0.2) is 9.78 Å². The first-order valence-electron chi connectivity index (χ1n) is 12.7. The number of nitrogens with zero attached hydrogens (tertiary/aromatic N) is 1.